The van der Waals surface area contributed by atoms with Gasteiger partial charge in [-0.25, -0.2) is 4.57 Å². The highest BCUT2D eigenvalue weighted by molar-refractivity contribution is 7.63. The number of hydrogen-bond acceptors (Lipinski definition) is 3. The Labute approximate surface area is 186 Å². The maximum absolute atomic E-state index is 14.4. The fourth-order valence-electron chi connectivity index (χ4n) is 4.28. The van der Waals surface area contributed by atoms with E-state index >= 15 is 0 Å². The second kappa shape index (κ2) is 8.20. The topological polar surface area (TPSA) is 35.5 Å². The molecule has 0 saturated heterocycles. The molecule has 0 N–H and O–H groups in total. The van der Waals surface area contributed by atoms with Crippen LogP contribution in [0.1, 0.15) is 72.9 Å². The van der Waals surface area contributed by atoms with Crippen molar-refractivity contribution >= 4 is 12.9 Å². The molecule has 4 heteroatoms. The molecule has 0 spiro atoms. The maximum Gasteiger partial charge on any atom is 0.462 e. The third-order valence-electron chi connectivity index (χ3n) is 5.80. The van der Waals surface area contributed by atoms with Gasteiger partial charge in [-0.2, -0.15) is 0 Å². The highest BCUT2D eigenvalue weighted by Gasteiger charge is 2.37. The van der Waals surface area contributed by atoms with Gasteiger partial charge in [0.2, 0.25) is 0 Å². The SMILES string of the molecule is Cc1cc2c(c(C(C)C)c1)OP(=O)(c1ccccc1)Oc1c(cc(C)cc1C(C)C)C2. The van der Waals surface area contributed by atoms with E-state index in [1.165, 1.54) is 11.1 Å². The Kier molecular flexibility index (Phi) is 5.75. The van der Waals surface area contributed by atoms with Gasteiger partial charge in [0.25, 0.3) is 0 Å². The quantitative estimate of drug-likeness (QED) is 0.402. The molecule has 3 nitrogen and oxygen atoms in total. The predicted octanol–water partition coefficient (Wildman–Crippen LogP) is 7.43. The van der Waals surface area contributed by atoms with Crippen LogP contribution in [-0.4, -0.2) is 0 Å². The smallest absolute Gasteiger partial charge is 0.412 e. The van der Waals surface area contributed by atoms with E-state index < -0.39 is 7.60 Å². The summed E-state index contributed by atoms with van der Waals surface area (Å²) in [6.45, 7) is 12.8. The molecule has 3 aromatic carbocycles. The first-order valence-corrected chi connectivity index (χ1v) is 12.5. The molecule has 31 heavy (non-hydrogen) atoms. The maximum atomic E-state index is 14.4. The van der Waals surface area contributed by atoms with E-state index in [0.717, 1.165) is 22.3 Å². The number of aryl methyl sites for hydroxylation is 2. The second-order valence-electron chi connectivity index (χ2n) is 9.19. The largest absolute Gasteiger partial charge is 0.462 e. The average Bonchev–Trinajstić information content (AvgIpc) is 2.70. The molecule has 0 radical (unpaired) electrons. The Balaban J connectivity index is 2.04. The highest BCUT2D eigenvalue weighted by atomic mass is 31.2. The summed E-state index contributed by atoms with van der Waals surface area (Å²) in [5, 5.41) is 0.569. The van der Waals surface area contributed by atoms with Crippen molar-refractivity contribution in [1.82, 2.24) is 0 Å². The van der Waals surface area contributed by atoms with Gasteiger partial charge < -0.3 is 9.05 Å². The minimum atomic E-state index is -3.67. The molecular weight excluding hydrogens is 403 g/mol. The van der Waals surface area contributed by atoms with Gasteiger partial charge in [0.15, 0.2) is 0 Å². The van der Waals surface area contributed by atoms with Crippen molar-refractivity contribution in [2.45, 2.75) is 59.8 Å². The van der Waals surface area contributed by atoms with Crippen LogP contribution < -0.4 is 14.4 Å². The first kappa shape index (κ1) is 21.7. The van der Waals surface area contributed by atoms with Crippen molar-refractivity contribution in [1.29, 1.82) is 0 Å². The molecular formula is C27H31O3P. The van der Waals surface area contributed by atoms with Crippen molar-refractivity contribution in [2.24, 2.45) is 0 Å². The summed E-state index contributed by atoms with van der Waals surface area (Å²) < 4.78 is 27.2. The van der Waals surface area contributed by atoms with Gasteiger partial charge in [-0.1, -0.05) is 81.3 Å². The molecule has 0 saturated carbocycles. The molecule has 162 valence electrons. The van der Waals surface area contributed by atoms with Crippen LogP contribution in [0.5, 0.6) is 11.5 Å². The van der Waals surface area contributed by atoms with Gasteiger partial charge in [0.05, 0.1) is 5.30 Å². The van der Waals surface area contributed by atoms with Crippen LogP contribution in [-0.2, 0) is 11.0 Å². The standard InChI is InChI=1S/C27H31O3P/c1-17(2)24-14-19(5)12-21-16-22-13-20(6)15-25(18(3)4)27(22)30-31(28,29-26(21)24)23-10-8-7-9-11-23/h7-15,17-18H,16H2,1-6H3. The summed E-state index contributed by atoms with van der Waals surface area (Å²) in [5.74, 6) is 1.87. The van der Waals surface area contributed by atoms with E-state index in [9.17, 15) is 4.57 Å². The molecule has 0 bridgehead atoms. The van der Waals surface area contributed by atoms with E-state index in [4.69, 9.17) is 9.05 Å². The molecule has 1 aliphatic rings. The number of hydrogen-bond donors (Lipinski definition) is 0. The minimum absolute atomic E-state index is 0.237. The van der Waals surface area contributed by atoms with Gasteiger partial charge in [0, 0.05) is 6.42 Å². The van der Waals surface area contributed by atoms with Gasteiger partial charge in [0.1, 0.15) is 11.5 Å². The zero-order valence-electron chi connectivity index (χ0n) is 19.2. The lowest BCUT2D eigenvalue weighted by Crippen LogP contribution is -2.19. The number of rotatable bonds is 3. The molecule has 0 aliphatic carbocycles. The summed E-state index contributed by atoms with van der Waals surface area (Å²) in [6, 6.07) is 17.9. The third kappa shape index (κ3) is 4.16. The number of fused-ring (bicyclic) bond motifs is 2. The molecule has 0 aromatic heterocycles. The summed E-state index contributed by atoms with van der Waals surface area (Å²) in [6.07, 6.45) is 0.683. The Bertz CT molecular complexity index is 1090. The van der Waals surface area contributed by atoms with Crippen LogP contribution in [0.3, 0.4) is 0 Å². The molecule has 0 fully saturated rings. The summed E-state index contributed by atoms with van der Waals surface area (Å²) in [7, 11) is -3.67. The lowest BCUT2D eigenvalue weighted by Gasteiger charge is -2.30. The van der Waals surface area contributed by atoms with Crippen LogP contribution >= 0.6 is 7.60 Å². The van der Waals surface area contributed by atoms with Crippen LogP contribution in [0.2, 0.25) is 0 Å². The predicted molar refractivity (Wildman–Crippen MR) is 128 cm³/mol. The fraction of sp³-hybridized carbons (Fsp3) is 0.333. The van der Waals surface area contributed by atoms with Crippen molar-refractivity contribution in [3.8, 4) is 11.5 Å². The Morgan fingerprint density at radius 3 is 1.61 bits per heavy atom. The summed E-state index contributed by atoms with van der Waals surface area (Å²) in [4.78, 5) is 0. The van der Waals surface area contributed by atoms with Crippen LogP contribution in [0.25, 0.3) is 0 Å². The van der Waals surface area contributed by atoms with E-state index in [-0.39, 0.29) is 11.8 Å². The van der Waals surface area contributed by atoms with Gasteiger partial charge in [-0.15, -0.1) is 0 Å². The minimum Gasteiger partial charge on any atom is -0.412 e. The zero-order chi connectivity index (χ0) is 22.3. The molecule has 0 amide bonds. The molecule has 1 heterocycles. The summed E-state index contributed by atoms with van der Waals surface area (Å²) >= 11 is 0. The average molecular weight is 435 g/mol. The van der Waals surface area contributed by atoms with Gasteiger partial charge in [-0.3, -0.25) is 0 Å². The van der Waals surface area contributed by atoms with E-state index in [0.29, 0.717) is 23.2 Å². The van der Waals surface area contributed by atoms with E-state index in [1.807, 2.05) is 30.3 Å². The van der Waals surface area contributed by atoms with E-state index in [2.05, 4.69) is 65.8 Å². The first-order valence-electron chi connectivity index (χ1n) is 11.0. The van der Waals surface area contributed by atoms with Crippen LogP contribution in [0.4, 0.5) is 0 Å². The van der Waals surface area contributed by atoms with Crippen molar-refractivity contribution < 1.29 is 13.6 Å². The Morgan fingerprint density at radius 1 is 0.742 bits per heavy atom. The van der Waals surface area contributed by atoms with E-state index in [1.54, 1.807) is 0 Å². The van der Waals surface area contributed by atoms with Crippen LogP contribution in [0.15, 0.2) is 54.6 Å². The summed E-state index contributed by atoms with van der Waals surface area (Å²) in [5.41, 5.74) is 6.61. The molecule has 0 atom stereocenters. The number of benzene rings is 3. The lowest BCUT2D eigenvalue weighted by atomic mass is 9.90. The first-order chi connectivity index (χ1) is 14.7. The normalized spacial score (nSPS) is 14.8. The molecule has 0 unspecified atom stereocenters. The zero-order valence-corrected chi connectivity index (χ0v) is 20.1. The third-order valence-corrected chi connectivity index (χ3v) is 7.57. The second-order valence-corrected chi connectivity index (χ2v) is 11.1. The fourth-order valence-corrected chi connectivity index (χ4v) is 5.99. The molecule has 3 aromatic rings. The monoisotopic (exact) mass is 434 g/mol. The molecule has 4 rings (SSSR count). The van der Waals surface area contributed by atoms with Crippen LogP contribution in [0, 0.1) is 13.8 Å². The lowest BCUT2D eigenvalue weighted by molar-refractivity contribution is 0.387. The van der Waals surface area contributed by atoms with Crippen molar-refractivity contribution in [2.75, 3.05) is 0 Å². The van der Waals surface area contributed by atoms with Gasteiger partial charge in [-0.05, 0) is 60.1 Å². The van der Waals surface area contributed by atoms with Gasteiger partial charge >= 0.3 is 7.60 Å². The molecule has 1 aliphatic heterocycles. The Morgan fingerprint density at radius 2 is 1.19 bits per heavy atom. The highest BCUT2D eigenvalue weighted by Crippen LogP contribution is 2.54. The van der Waals surface area contributed by atoms with Crippen molar-refractivity contribution in [3.63, 3.8) is 0 Å². The Hall–Kier alpha value is -2.51. The van der Waals surface area contributed by atoms with Crippen molar-refractivity contribution in [3.05, 3.63) is 88.0 Å².